The highest BCUT2D eigenvalue weighted by molar-refractivity contribution is 7.89. The smallest absolute Gasteiger partial charge is 0.254 e. The number of benzene rings is 1. The fourth-order valence-electron chi connectivity index (χ4n) is 3.86. The fourth-order valence-corrected chi connectivity index (χ4v) is 6.77. The van der Waals surface area contributed by atoms with Crippen molar-refractivity contribution in [1.82, 2.24) is 9.21 Å². The molecule has 0 bridgehead atoms. The van der Waals surface area contributed by atoms with E-state index in [9.17, 15) is 13.2 Å². The van der Waals surface area contributed by atoms with Crippen LogP contribution in [0.2, 0.25) is 5.02 Å². The third-order valence-corrected chi connectivity index (χ3v) is 8.86. The van der Waals surface area contributed by atoms with E-state index in [2.05, 4.69) is 6.07 Å². The van der Waals surface area contributed by atoms with Crippen molar-refractivity contribution in [3.8, 4) is 0 Å². The molecule has 3 heterocycles. The lowest BCUT2D eigenvalue weighted by Crippen LogP contribution is -2.36. The van der Waals surface area contributed by atoms with Crippen molar-refractivity contribution < 1.29 is 13.2 Å². The molecular formula is C20H23ClN2O3S2. The first-order chi connectivity index (χ1) is 13.5. The zero-order valence-electron chi connectivity index (χ0n) is 15.6. The van der Waals surface area contributed by atoms with Gasteiger partial charge >= 0.3 is 0 Å². The van der Waals surface area contributed by atoms with E-state index >= 15 is 0 Å². The molecule has 2 aliphatic heterocycles. The minimum absolute atomic E-state index is 0.0372. The van der Waals surface area contributed by atoms with Crippen LogP contribution in [0, 0.1) is 0 Å². The molecule has 0 unspecified atom stereocenters. The van der Waals surface area contributed by atoms with Gasteiger partial charge in [0.25, 0.3) is 5.91 Å². The van der Waals surface area contributed by atoms with Gasteiger partial charge in [0.1, 0.15) is 4.90 Å². The highest BCUT2D eigenvalue weighted by Crippen LogP contribution is 2.29. The molecule has 28 heavy (non-hydrogen) atoms. The molecule has 0 atom stereocenters. The molecule has 1 amide bonds. The predicted molar refractivity (Wildman–Crippen MR) is 111 cm³/mol. The van der Waals surface area contributed by atoms with Crippen molar-refractivity contribution in [3.63, 3.8) is 0 Å². The van der Waals surface area contributed by atoms with E-state index in [4.69, 9.17) is 11.6 Å². The van der Waals surface area contributed by atoms with Gasteiger partial charge in [0.15, 0.2) is 0 Å². The Bertz CT molecular complexity index is 979. The van der Waals surface area contributed by atoms with E-state index in [0.717, 1.165) is 32.1 Å². The first kappa shape index (κ1) is 19.9. The molecule has 2 aliphatic rings. The Morgan fingerprint density at radius 2 is 1.79 bits per heavy atom. The summed E-state index contributed by atoms with van der Waals surface area (Å²) in [6.07, 6.45) is 4.62. The molecule has 5 nitrogen and oxygen atoms in total. The zero-order valence-corrected chi connectivity index (χ0v) is 18.0. The van der Waals surface area contributed by atoms with Crippen LogP contribution in [-0.2, 0) is 23.0 Å². The lowest BCUT2D eigenvalue weighted by molar-refractivity contribution is 0.0735. The van der Waals surface area contributed by atoms with Crippen LogP contribution in [0.4, 0.5) is 0 Å². The molecule has 150 valence electrons. The molecule has 1 aromatic carbocycles. The van der Waals surface area contributed by atoms with Crippen molar-refractivity contribution in [2.45, 2.75) is 43.5 Å². The summed E-state index contributed by atoms with van der Waals surface area (Å²) in [4.78, 5) is 16.2. The van der Waals surface area contributed by atoms with Gasteiger partial charge in [0.2, 0.25) is 10.0 Å². The molecule has 0 saturated carbocycles. The molecule has 1 saturated heterocycles. The summed E-state index contributed by atoms with van der Waals surface area (Å²) in [7, 11) is -3.71. The number of amides is 1. The number of sulfonamides is 1. The van der Waals surface area contributed by atoms with Crippen molar-refractivity contribution in [1.29, 1.82) is 0 Å². The number of nitrogens with zero attached hydrogens (tertiary/aromatic N) is 2. The topological polar surface area (TPSA) is 57.7 Å². The first-order valence-electron chi connectivity index (χ1n) is 9.61. The minimum atomic E-state index is -3.71. The molecule has 8 heteroatoms. The highest BCUT2D eigenvalue weighted by atomic mass is 35.5. The summed E-state index contributed by atoms with van der Waals surface area (Å²) in [6.45, 7) is 2.21. The summed E-state index contributed by atoms with van der Waals surface area (Å²) in [5, 5.41) is 2.21. The molecule has 0 spiro atoms. The second-order valence-electron chi connectivity index (χ2n) is 7.31. The van der Waals surface area contributed by atoms with Gasteiger partial charge in [0.05, 0.1) is 5.02 Å². The molecule has 0 radical (unpaired) electrons. The Morgan fingerprint density at radius 1 is 1.04 bits per heavy atom. The van der Waals surface area contributed by atoms with Crippen LogP contribution < -0.4 is 0 Å². The van der Waals surface area contributed by atoms with Crippen molar-refractivity contribution >= 4 is 38.9 Å². The number of hydrogen-bond acceptors (Lipinski definition) is 4. The molecule has 4 rings (SSSR count). The maximum Gasteiger partial charge on any atom is 0.254 e. The third kappa shape index (κ3) is 3.85. The lowest BCUT2D eigenvalue weighted by Gasteiger charge is -2.27. The predicted octanol–water partition coefficient (Wildman–Crippen LogP) is 4.16. The number of rotatable bonds is 3. The summed E-state index contributed by atoms with van der Waals surface area (Å²) >= 11 is 7.97. The van der Waals surface area contributed by atoms with Crippen molar-refractivity contribution in [3.05, 3.63) is 50.7 Å². The SMILES string of the molecule is O=C(c1ccc(Cl)c(S(=O)(=O)N2CCCCCC2)c1)N1CCc2sccc2C1. The number of thiophene rings is 1. The number of hydrogen-bond donors (Lipinski definition) is 0. The Morgan fingerprint density at radius 3 is 2.54 bits per heavy atom. The van der Waals surface area contributed by atoms with Crippen molar-refractivity contribution in [2.75, 3.05) is 19.6 Å². The maximum atomic E-state index is 13.2. The second kappa shape index (κ2) is 8.14. The molecule has 0 N–H and O–H groups in total. The minimum Gasteiger partial charge on any atom is -0.334 e. The summed E-state index contributed by atoms with van der Waals surface area (Å²) in [5.41, 5.74) is 1.55. The Hall–Kier alpha value is -1.41. The van der Waals surface area contributed by atoms with Gasteiger partial charge in [-0.2, -0.15) is 4.31 Å². The van der Waals surface area contributed by atoms with Gasteiger partial charge in [-0.3, -0.25) is 4.79 Å². The average Bonchev–Trinajstić information content (AvgIpc) is 2.98. The quantitative estimate of drug-likeness (QED) is 0.722. The largest absolute Gasteiger partial charge is 0.334 e. The Labute approximate surface area is 175 Å². The Balaban J connectivity index is 1.61. The molecule has 0 aliphatic carbocycles. The number of carbonyl (C=O) groups excluding carboxylic acids is 1. The summed E-state index contributed by atoms with van der Waals surface area (Å²) in [6, 6.07) is 6.65. The van der Waals surface area contributed by atoms with Gasteiger partial charge < -0.3 is 4.90 Å². The molecule has 1 aromatic heterocycles. The maximum absolute atomic E-state index is 13.2. The normalized spacial score (nSPS) is 18.5. The van der Waals surface area contributed by atoms with Crippen LogP contribution in [0.5, 0.6) is 0 Å². The van der Waals surface area contributed by atoms with Crippen LogP contribution >= 0.6 is 22.9 Å². The standard InChI is InChI=1S/C20H23ClN2O3S2/c21-17-6-5-15(20(24)22-11-7-18-16(14-22)8-12-27-18)13-19(17)28(25,26)23-9-3-1-2-4-10-23/h5-6,8,12-13H,1-4,7,9-11,14H2. The van der Waals surface area contributed by atoms with Gasteiger partial charge in [-0.25, -0.2) is 8.42 Å². The van der Waals surface area contributed by atoms with E-state index in [-0.39, 0.29) is 15.8 Å². The lowest BCUT2D eigenvalue weighted by atomic mass is 10.1. The number of fused-ring (bicyclic) bond motifs is 1. The number of carbonyl (C=O) groups is 1. The van der Waals surface area contributed by atoms with E-state index in [1.54, 1.807) is 22.3 Å². The molecular weight excluding hydrogens is 416 g/mol. The van der Waals surface area contributed by atoms with E-state index in [1.165, 1.54) is 26.9 Å². The van der Waals surface area contributed by atoms with E-state index < -0.39 is 10.0 Å². The van der Waals surface area contributed by atoms with Crippen LogP contribution in [0.25, 0.3) is 0 Å². The summed E-state index contributed by atoms with van der Waals surface area (Å²) < 4.78 is 27.8. The molecule has 2 aromatic rings. The zero-order chi connectivity index (χ0) is 19.7. The van der Waals surface area contributed by atoms with E-state index in [0.29, 0.717) is 31.7 Å². The Kier molecular flexibility index (Phi) is 5.78. The van der Waals surface area contributed by atoms with Gasteiger partial charge in [-0.05, 0) is 54.5 Å². The second-order valence-corrected chi connectivity index (χ2v) is 10.6. The van der Waals surface area contributed by atoms with Crippen LogP contribution in [-0.4, -0.2) is 43.2 Å². The van der Waals surface area contributed by atoms with Crippen molar-refractivity contribution in [2.24, 2.45) is 0 Å². The third-order valence-electron chi connectivity index (χ3n) is 5.46. The fraction of sp³-hybridized carbons (Fsp3) is 0.450. The average molecular weight is 439 g/mol. The van der Waals surface area contributed by atoms with Gasteiger partial charge in [-0.15, -0.1) is 11.3 Å². The van der Waals surface area contributed by atoms with Gasteiger partial charge in [-0.1, -0.05) is 24.4 Å². The van der Waals surface area contributed by atoms with Gasteiger partial charge in [0, 0.05) is 36.6 Å². The van der Waals surface area contributed by atoms with Crippen LogP contribution in [0.15, 0.2) is 34.5 Å². The van der Waals surface area contributed by atoms with Crippen LogP contribution in [0.1, 0.15) is 46.5 Å². The first-order valence-corrected chi connectivity index (χ1v) is 12.3. The van der Waals surface area contributed by atoms with Crippen LogP contribution in [0.3, 0.4) is 0 Å². The monoisotopic (exact) mass is 438 g/mol. The van der Waals surface area contributed by atoms with E-state index in [1.807, 2.05) is 5.38 Å². The molecule has 1 fully saturated rings. The summed E-state index contributed by atoms with van der Waals surface area (Å²) in [5.74, 6) is -0.152. The highest BCUT2D eigenvalue weighted by Gasteiger charge is 2.29. The number of halogens is 1.